The Morgan fingerprint density at radius 2 is 1.59 bits per heavy atom. The maximum atomic E-state index is 11.4. The number of hydrogen-bond donors (Lipinski definition) is 2. The summed E-state index contributed by atoms with van der Waals surface area (Å²) in [6.07, 6.45) is 0. The fourth-order valence-corrected chi connectivity index (χ4v) is 1.77. The minimum Gasteiger partial charge on any atom is -0.487 e. The van der Waals surface area contributed by atoms with E-state index in [0.29, 0.717) is 50.2 Å². The molecule has 1 aromatic carbocycles. The van der Waals surface area contributed by atoms with Crippen LogP contribution in [-0.2, 0) is 9.47 Å². The van der Waals surface area contributed by atoms with Crippen LogP contribution in [0.15, 0.2) is 12.1 Å². The van der Waals surface area contributed by atoms with Crippen molar-refractivity contribution in [1.82, 2.24) is 0 Å². The zero-order chi connectivity index (χ0) is 16.4. The second-order valence-corrected chi connectivity index (χ2v) is 4.36. The van der Waals surface area contributed by atoms with Gasteiger partial charge >= 0.3 is 5.97 Å². The van der Waals surface area contributed by atoms with Crippen molar-refractivity contribution in [1.29, 1.82) is 0 Å². The standard InChI is InChI=1S/C15H23NO6/c1-4-16-12-10-14(22-8-6-20-3)13(21-7-5-19-2)9-11(12)15(17)18/h9-10,16H,4-8H2,1-3H3,(H,17,18). The van der Waals surface area contributed by atoms with Gasteiger partial charge in [0, 0.05) is 32.9 Å². The van der Waals surface area contributed by atoms with Gasteiger partial charge in [0.15, 0.2) is 11.5 Å². The van der Waals surface area contributed by atoms with Gasteiger partial charge in [-0.2, -0.15) is 0 Å². The van der Waals surface area contributed by atoms with Crippen molar-refractivity contribution in [2.24, 2.45) is 0 Å². The summed E-state index contributed by atoms with van der Waals surface area (Å²) in [4.78, 5) is 11.4. The van der Waals surface area contributed by atoms with Crippen LogP contribution in [0.4, 0.5) is 5.69 Å². The normalized spacial score (nSPS) is 10.3. The predicted molar refractivity (Wildman–Crippen MR) is 82.3 cm³/mol. The lowest BCUT2D eigenvalue weighted by molar-refractivity contribution is 0.0697. The molecule has 22 heavy (non-hydrogen) atoms. The number of anilines is 1. The number of nitrogens with one attached hydrogen (secondary N) is 1. The number of rotatable bonds is 11. The predicted octanol–water partition coefficient (Wildman–Crippen LogP) is 1.87. The zero-order valence-corrected chi connectivity index (χ0v) is 13.2. The molecule has 0 saturated heterocycles. The lowest BCUT2D eigenvalue weighted by atomic mass is 10.1. The number of carboxylic acid groups (broad SMARTS) is 1. The highest BCUT2D eigenvalue weighted by Crippen LogP contribution is 2.34. The van der Waals surface area contributed by atoms with Crippen LogP contribution in [-0.4, -0.2) is 58.3 Å². The molecule has 7 heteroatoms. The summed E-state index contributed by atoms with van der Waals surface area (Å²) in [6, 6.07) is 3.09. The second kappa shape index (κ2) is 9.86. The van der Waals surface area contributed by atoms with E-state index in [0.717, 1.165) is 0 Å². The van der Waals surface area contributed by atoms with Crippen LogP contribution in [0.2, 0.25) is 0 Å². The Balaban J connectivity index is 3.05. The first kappa shape index (κ1) is 18.1. The molecule has 124 valence electrons. The average Bonchev–Trinajstić information content (AvgIpc) is 2.49. The summed E-state index contributed by atoms with van der Waals surface area (Å²) in [5.74, 6) is -0.197. The van der Waals surface area contributed by atoms with Crippen LogP contribution in [0.25, 0.3) is 0 Å². The summed E-state index contributed by atoms with van der Waals surface area (Å²) in [5.41, 5.74) is 0.620. The molecule has 0 aromatic heterocycles. The van der Waals surface area contributed by atoms with Crippen LogP contribution in [0.3, 0.4) is 0 Å². The molecule has 0 saturated carbocycles. The molecule has 0 aliphatic carbocycles. The zero-order valence-electron chi connectivity index (χ0n) is 13.2. The van der Waals surface area contributed by atoms with Crippen LogP contribution >= 0.6 is 0 Å². The van der Waals surface area contributed by atoms with Crippen LogP contribution < -0.4 is 14.8 Å². The van der Waals surface area contributed by atoms with E-state index in [-0.39, 0.29) is 5.56 Å². The molecule has 0 fully saturated rings. The SMILES string of the molecule is CCNc1cc(OCCOC)c(OCCOC)cc1C(=O)O. The first-order valence-electron chi connectivity index (χ1n) is 7.02. The maximum Gasteiger partial charge on any atom is 0.337 e. The van der Waals surface area contributed by atoms with Gasteiger partial charge in [0.05, 0.1) is 24.5 Å². The van der Waals surface area contributed by atoms with E-state index in [9.17, 15) is 9.90 Å². The van der Waals surface area contributed by atoms with Crippen molar-refractivity contribution in [2.75, 3.05) is 52.5 Å². The topological polar surface area (TPSA) is 86.3 Å². The molecule has 0 heterocycles. The van der Waals surface area contributed by atoms with E-state index in [4.69, 9.17) is 18.9 Å². The van der Waals surface area contributed by atoms with Crippen molar-refractivity contribution in [3.8, 4) is 11.5 Å². The van der Waals surface area contributed by atoms with Gasteiger partial charge in [-0.15, -0.1) is 0 Å². The summed E-state index contributed by atoms with van der Waals surface area (Å²) >= 11 is 0. The Morgan fingerprint density at radius 1 is 1.05 bits per heavy atom. The number of ether oxygens (including phenoxy) is 4. The maximum absolute atomic E-state index is 11.4. The first-order chi connectivity index (χ1) is 10.6. The Labute approximate surface area is 130 Å². The molecule has 0 spiro atoms. The van der Waals surface area contributed by atoms with Gasteiger partial charge < -0.3 is 29.4 Å². The van der Waals surface area contributed by atoms with Gasteiger partial charge in [0.1, 0.15) is 13.2 Å². The summed E-state index contributed by atoms with van der Waals surface area (Å²) in [7, 11) is 3.15. The minimum absolute atomic E-state index is 0.133. The number of benzene rings is 1. The quantitative estimate of drug-likeness (QED) is 0.603. The van der Waals surface area contributed by atoms with Crippen molar-refractivity contribution < 1.29 is 28.8 Å². The van der Waals surface area contributed by atoms with Gasteiger partial charge in [0.25, 0.3) is 0 Å². The smallest absolute Gasteiger partial charge is 0.337 e. The van der Waals surface area contributed by atoms with Crippen molar-refractivity contribution >= 4 is 11.7 Å². The first-order valence-corrected chi connectivity index (χ1v) is 7.02. The number of aromatic carboxylic acids is 1. The highest BCUT2D eigenvalue weighted by Gasteiger charge is 2.16. The Bertz CT molecular complexity index is 477. The van der Waals surface area contributed by atoms with Gasteiger partial charge in [-0.25, -0.2) is 4.79 Å². The monoisotopic (exact) mass is 313 g/mol. The Morgan fingerprint density at radius 3 is 2.05 bits per heavy atom. The molecule has 0 aliphatic heterocycles. The molecule has 1 rings (SSSR count). The Kier molecular flexibility index (Phi) is 8.09. The third kappa shape index (κ3) is 5.42. The number of methoxy groups -OCH3 is 2. The molecule has 2 N–H and O–H groups in total. The van der Waals surface area contributed by atoms with Gasteiger partial charge in [-0.3, -0.25) is 0 Å². The summed E-state index contributed by atoms with van der Waals surface area (Å²) in [5, 5.41) is 12.3. The van der Waals surface area contributed by atoms with Crippen molar-refractivity contribution in [3.05, 3.63) is 17.7 Å². The number of carbonyl (C=O) groups is 1. The van der Waals surface area contributed by atoms with Crippen molar-refractivity contribution in [3.63, 3.8) is 0 Å². The van der Waals surface area contributed by atoms with Gasteiger partial charge in [-0.05, 0) is 6.92 Å². The lowest BCUT2D eigenvalue weighted by Gasteiger charge is -2.16. The fourth-order valence-electron chi connectivity index (χ4n) is 1.77. The van der Waals surface area contributed by atoms with E-state index in [1.807, 2.05) is 6.92 Å². The van der Waals surface area contributed by atoms with Gasteiger partial charge in [-0.1, -0.05) is 0 Å². The highest BCUT2D eigenvalue weighted by atomic mass is 16.5. The van der Waals surface area contributed by atoms with Crippen LogP contribution in [0.5, 0.6) is 11.5 Å². The van der Waals surface area contributed by atoms with Crippen molar-refractivity contribution in [2.45, 2.75) is 6.92 Å². The lowest BCUT2D eigenvalue weighted by Crippen LogP contribution is -2.11. The largest absolute Gasteiger partial charge is 0.487 e. The fraction of sp³-hybridized carbons (Fsp3) is 0.533. The molecule has 0 unspecified atom stereocenters. The minimum atomic E-state index is -1.03. The third-order valence-corrected chi connectivity index (χ3v) is 2.77. The van der Waals surface area contributed by atoms with E-state index in [2.05, 4.69) is 5.32 Å². The Hall–Kier alpha value is -1.99. The highest BCUT2D eigenvalue weighted by molar-refractivity contribution is 5.95. The molecule has 1 aromatic rings. The molecule has 0 radical (unpaired) electrons. The van der Waals surface area contributed by atoms with E-state index in [1.165, 1.54) is 6.07 Å². The van der Waals surface area contributed by atoms with E-state index < -0.39 is 5.97 Å². The number of carboxylic acids is 1. The number of hydrogen-bond acceptors (Lipinski definition) is 6. The van der Waals surface area contributed by atoms with Crippen LogP contribution in [0, 0.1) is 0 Å². The molecule has 0 atom stereocenters. The van der Waals surface area contributed by atoms with E-state index in [1.54, 1.807) is 20.3 Å². The molecular weight excluding hydrogens is 290 g/mol. The molecule has 0 bridgehead atoms. The third-order valence-electron chi connectivity index (χ3n) is 2.77. The second-order valence-electron chi connectivity index (χ2n) is 4.36. The molecule has 0 amide bonds. The van der Waals surface area contributed by atoms with Crippen LogP contribution in [0.1, 0.15) is 17.3 Å². The van der Waals surface area contributed by atoms with Gasteiger partial charge in [0.2, 0.25) is 0 Å². The van der Waals surface area contributed by atoms with E-state index >= 15 is 0 Å². The summed E-state index contributed by atoms with van der Waals surface area (Å²) in [6.45, 7) is 3.96. The molecule has 7 nitrogen and oxygen atoms in total. The summed E-state index contributed by atoms with van der Waals surface area (Å²) < 4.78 is 21.0. The molecular formula is C15H23NO6. The average molecular weight is 313 g/mol. The molecule has 0 aliphatic rings.